The van der Waals surface area contributed by atoms with Crippen LogP contribution in [0.1, 0.15) is 126 Å². The van der Waals surface area contributed by atoms with Gasteiger partial charge in [-0.05, 0) is 153 Å². The van der Waals surface area contributed by atoms with Gasteiger partial charge in [0.15, 0.2) is 6.10 Å². The number of β-amino-alcohol motifs (C(OH)–C–C–N with tert-alkyl or cyclic N) is 1. The summed E-state index contributed by atoms with van der Waals surface area (Å²) in [5.41, 5.74) is 4.00. The number of allylic oxidation sites excluding steroid dienone is 5. The molecule has 0 spiro atoms. The zero-order chi connectivity index (χ0) is 33.7. The third-order valence-electron chi connectivity index (χ3n) is 16.2. The largest absolute Gasteiger partial charge is 0.481 e. The normalized spacial score (nSPS) is 46.8. The second-order valence-electron chi connectivity index (χ2n) is 18.4. The number of aliphatic carboxylic acids is 2. The van der Waals surface area contributed by atoms with E-state index in [0.717, 1.165) is 38.5 Å². The molecule has 0 bridgehead atoms. The molecule has 6 aliphatic rings. The first-order chi connectivity index (χ1) is 21.4. The summed E-state index contributed by atoms with van der Waals surface area (Å²) in [5.74, 6) is 0.771. The van der Waals surface area contributed by atoms with Crippen LogP contribution in [0.5, 0.6) is 0 Å². The molecule has 6 aliphatic carbocycles. The molecule has 0 unspecified atom stereocenters. The van der Waals surface area contributed by atoms with E-state index in [-0.39, 0.29) is 33.7 Å². The molecule has 4 saturated carbocycles. The van der Waals surface area contributed by atoms with Crippen LogP contribution in [0.25, 0.3) is 0 Å². The maximum absolute atomic E-state index is 11.9. The van der Waals surface area contributed by atoms with Gasteiger partial charge in [-0.2, -0.15) is 0 Å². The molecule has 0 aliphatic heterocycles. The lowest BCUT2D eigenvalue weighted by molar-refractivity contribution is -0.221. The van der Waals surface area contributed by atoms with E-state index in [1.165, 1.54) is 42.4 Å². The van der Waals surface area contributed by atoms with E-state index in [9.17, 15) is 24.9 Å². The fraction of sp³-hybridized carbons (Fsp3) is 0.800. The van der Waals surface area contributed by atoms with Crippen molar-refractivity contribution in [1.82, 2.24) is 5.32 Å². The minimum atomic E-state index is -1.38. The number of fused-ring (bicyclic) bond motifs is 7. The molecule has 0 aromatic heterocycles. The Labute approximate surface area is 277 Å². The lowest BCUT2D eigenvalue weighted by atomic mass is 9.33. The predicted molar refractivity (Wildman–Crippen MR) is 182 cm³/mol. The molecule has 256 valence electrons. The van der Waals surface area contributed by atoms with Crippen molar-refractivity contribution in [2.24, 2.45) is 56.7 Å². The first kappa shape index (κ1) is 34.0. The van der Waals surface area contributed by atoms with Crippen molar-refractivity contribution in [2.45, 2.75) is 137 Å². The van der Waals surface area contributed by atoms with Gasteiger partial charge in [0.2, 0.25) is 0 Å². The molecule has 46 heavy (non-hydrogen) atoms. The van der Waals surface area contributed by atoms with Gasteiger partial charge in [0.05, 0.1) is 5.41 Å². The topological polar surface area (TPSA) is 107 Å². The lowest BCUT2D eigenvalue weighted by Gasteiger charge is -2.72. The summed E-state index contributed by atoms with van der Waals surface area (Å²) in [6.07, 6.45) is 15.9. The van der Waals surface area contributed by atoms with Gasteiger partial charge in [-0.1, -0.05) is 58.9 Å². The summed E-state index contributed by atoms with van der Waals surface area (Å²) in [7, 11) is 0. The Kier molecular flexibility index (Phi) is 8.16. The van der Waals surface area contributed by atoms with E-state index in [4.69, 9.17) is 0 Å². The number of hydrogen-bond donors (Lipinski definition) is 4. The minimum Gasteiger partial charge on any atom is -0.481 e. The van der Waals surface area contributed by atoms with Crippen LogP contribution in [0.15, 0.2) is 35.5 Å². The van der Waals surface area contributed by atoms with Crippen LogP contribution in [0.3, 0.4) is 0 Å². The Hall–Kier alpha value is -1.92. The highest BCUT2D eigenvalue weighted by atomic mass is 16.4. The van der Waals surface area contributed by atoms with Crippen LogP contribution >= 0.6 is 0 Å². The van der Waals surface area contributed by atoms with Crippen LogP contribution in [-0.4, -0.2) is 45.4 Å². The minimum absolute atomic E-state index is 0.0436. The zero-order valence-electron chi connectivity index (χ0n) is 29.7. The van der Waals surface area contributed by atoms with Crippen molar-refractivity contribution >= 4 is 11.9 Å². The van der Waals surface area contributed by atoms with Gasteiger partial charge in [0, 0.05) is 12.1 Å². The summed E-state index contributed by atoms with van der Waals surface area (Å²) in [6, 6.07) is 0. The monoisotopic (exact) mass is 635 g/mol. The third-order valence-corrected chi connectivity index (χ3v) is 16.2. The molecule has 0 aromatic rings. The molecule has 4 N–H and O–H groups in total. The third kappa shape index (κ3) is 4.69. The molecule has 0 heterocycles. The van der Waals surface area contributed by atoms with Crippen molar-refractivity contribution < 1.29 is 24.9 Å². The smallest absolute Gasteiger partial charge is 0.333 e. The van der Waals surface area contributed by atoms with Gasteiger partial charge in [0.25, 0.3) is 0 Å². The van der Waals surface area contributed by atoms with Gasteiger partial charge in [-0.3, -0.25) is 4.79 Å². The van der Waals surface area contributed by atoms with Gasteiger partial charge >= 0.3 is 11.9 Å². The number of carboxylic acid groups (broad SMARTS) is 2. The summed E-state index contributed by atoms with van der Waals surface area (Å²) in [5, 5.41) is 33.2. The summed E-state index contributed by atoms with van der Waals surface area (Å²) >= 11 is 0. The zero-order valence-corrected chi connectivity index (χ0v) is 29.7. The Morgan fingerprint density at radius 1 is 0.891 bits per heavy atom. The first-order valence-corrected chi connectivity index (χ1v) is 18.3. The maximum atomic E-state index is 11.9. The van der Waals surface area contributed by atoms with Crippen molar-refractivity contribution in [2.75, 3.05) is 6.54 Å². The SMILES string of the molecule is C=C(C)[C@@H]1CC[C@]2(NC[C@@H](O)C(=O)O)CC[C@]3(C)[C@H](CC[C@@H]4[C@@]5(C)CC=C(C6=CC[C@](C)(C(=O)O)CC6)C(C)(C)[C@@H]5CC[C@]43C)[C@@H]12. The molecule has 6 heteroatoms. The molecule has 0 aromatic carbocycles. The van der Waals surface area contributed by atoms with E-state index in [0.29, 0.717) is 42.4 Å². The van der Waals surface area contributed by atoms with Gasteiger partial charge < -0.3 is 20.6 Å². The lowest BCUT2D eigenvalue weighted by Crippen LogP contribution is -2.68. The molecular weight excluding hydrogens is 574 g/mol. The molecule has 0 amide bonds. The van der Waals surface area contributed by atoms with Crippen LogP contribution in [0, 0.1) is 56.7 Å². The molecule has 6 nitrogen and oxygen atoms in total. The second kappa shape index (κ2) is 11.1. The van der Waals surface area contributed by atoms with Gasteiger partial charge in [0.1, 0.15) is 0 Å². The molecule has 0 radical (unpaired) electrons. The van der Waals surface area contributed by atoms with Crippen LogP contribution < -0.4 is 5.32 Å². The number of aliphatic hydroxyl groups is 1. The highest BCUT2D eigenvalue weighted by Crippen LogP contribution is 2.76. The number of aliphatic hydroxyl groups excluding tert-OH is 1. The highest BCUT2D eigenvalue weighted by Gasteiger charge is 2.70. The molecule has 0 saturated heterocycles. The van der Waals surface area contributed by atoms with Crippen molar-refractivity contribution in [3.05, 3.63) is 35.5 Å². The van der Waals surface area contributed by atoms with Crippen LogP contribution in [0.2, 0.25) is 0 Å². The summed E-state index contributed by atoms with van der Waals surface area (Å²) < 4.78 is 0. The molecule has 4 fully saturated rings. The highest BCUT2D eigenvalue weighted by molar-refractivity contribution is 5.75. The number of rotatable bonds is 7. The van der Waals surface area contributed by atoms with E-state index in [2.05, 4.69) is 65.6 Å². The van der Waals surface area contributed by atoms with E-state index >= 15 is 0 Å². The molecule has 6 rings (SSSR count). The Balaban J connectivity index is 1.31. The quantitative estimate of drug-likeness (QED) is 0.210. The van der Waals surface area contributed by atoms with Crippen LogP contribution in [0.4, 0.5) is 0 Å². The molecular formula is C40H61NO5. The Bertz CT molecular complexity index is 1360. The fourth-order valence-corrected chi connectivity index (χ4v) is 13.4. The number of hydrogen-bond acceptors (Lipinski definition) is 4. The average molecular weight is 636 g/mol. The van der Waals surface area contributed by atoms with E-state index in [1.54, 1.807) is 0 Å². The number of nitrogens with one attached hydrogen (secondary N) is 1. The van der Waals surface area contributed by atoms with E-state index in [1.807, 2.05) is 6.92 Å². The Morgan fingerprint density at radius 3 is 2.22 bits per heavy atom. The maximum Gasteiger partial charge on any atom is 0.333 e. The number of carboxylic acids is 2. The van der Waals surface area contributed by atoms with Crippen molar-refractivity contribution in [3.8, 4) is 0 Å². The van der Waals surface area contributed by atoms with Crippen molar-refractivity contribution in [1.29, 1.82) is 0 Å². The average Bonchev–Trinajstić information content (AvgIpc) is 3.37. The number of carbonyl (C=O) groups is 2. The molecule has 11 atom stereocenters. The summed E-state index contributed by atoms with van der Waals surface area (Å²) in [4.78, 5) is 23.5. The van der Waals surface area contributed by atoms with Crippen molar-refractivity contribution in [3.63, 3.8) is 0 Å². The van der Waals surface area contributed by atoms with E-state index < -0.39 is 23.5 Å². The van der Waals surface area contributed by atoms with Gasteiger partial charge in [-0.25, -0.2) is 4.79 Å². The standard InChI is InChI=1S/C40H61NO5/c1-24(2)26-13-20-40(41-23-29(42)33(43)44)22-21-38(7)28(32(26)40)9-10-31-37(6)18-14-27(25-11-16-36(5,17-12-25)34(45)46)35(3,4)30(37)15-19-39(31,38)8/h11,14,26,28-32,41-42H,1,9-10,12-13,15-23H2,2-8H3,(H,43,44)(H,45,46)/t26-,28+,29+,30-,31+,32+,36-,37-,38+,39+,40-/m0/s1. The predicted octanol–water partition coefficient (Wildman–Crippen LogP) is 8.17. The Morgan fingerprint density at radius 2 is 1.61 bits per heavy atom. The second-order valence-corrected chi connectivity index (χ2v) is 18.4. The van der Waals surface area contributed by atoms with Crippen LogP contribution in [-0.2, 0) is 9.59 Å². The first-order valence-electron chi connectivity index (χ1n) is 18.3. The fourth-order valence-electron chi connectivity index (χ4n) is 13.4. The summed E-state index contributed by atoms with van der Waals surface area (Å²) in [6.45, 7) is 21.5. The van der Waals surface area contributed by atoms with Gasteiger partial charge in [-0.15, -0.1) is 0 Å².